The summed E-state index contributed by atoms with van der Waals surface area (Å²) in [6.07, 6.45) is 8.33. The van der Waals surface area contributed by atoms with Crippen LogP contribution in [-0.4, -0.2) is 46.5 Å². The summed E-state index contributed by atoms with van der Waals surface area (Å²) in [5.41, 5.74) is 7.10. The zero-order chi connectivity index (χ0) is 19.1. The smallest absolute Gasteiger partial charge is 0.268 e. The topological polar surface area (TPSA) is 75.4 Å². The van der Waals surface area contributed by atoms with Crippen molar-refractivity contribution in [3.8, 4) is 0 Å². The fourth-order valence-electron chi connectivity index (χ4n) is 5.66. The van der Waals surface area contributed by atoms with Crippen LogP contribution >= 0.6 is 0 Å². The van der Waals surface area contributed by atoms with Gasteiger partial charge in [0.15, 0.2) is 0 Å². The maximum absolute atomic E-state index is 11.5. The number of nitrogens with two attached hydrogens (primary N) is 1. The molecule has 4 heterocycles. The number of hydrogen-bond donors (Lipinski definition) is 1. The molecule has 3 saturated heterocycles. The highest BCUT2D eigenvalue weighted by atomic mass is 16.1. The van der Waals surface area contributed by atoms with Gasteiger partial charge in [0.25, 0.3) is 5.91 Å². The summed E-state index contributed by atoms with van der Waals surface area (Å²) in [6.45, 7) is 3.09. The zero-order valence-electron chi connectivity index (χ0n) is 16.1. The van der Waals surface area contributed by atoms with Gasteiger partial charge < -0.3 is 10.6 Å². The molecule has 6 nitrogen and oxygen atoms in total. The summed E-state index contributed by atoms with van der Waals surface area (Å²) in [5.74, 6) is 1.53. The van der Waals surface area contributed by atoms with Gasteiger partial charge in [-0.25, -0.2) is 4.98 Å². The molecule has 2 bridgehead atoms. The van der Waals surface area contributed by atoms with E-state index in [0.29, 0.717) is 23.9 Å². The Labute approximate surface area is 165 Å². The Morgan fingerprint density at radius 3 is 2.75 bits per heavy atom. The molecule has 0 unspecified atom stereocenters. The molecule has 3 aliphatic heterocycles. The van der Waals surface area contributed by atoms with Crippen molar-refractivity contribution in [1.82, 2.24) is 14.9 Å². The van der Waals surface area contributed by atoms with Crippen LogP contribution in [0.4, 0.5) is 5.82 Å². The lowest BCUT2D eigenvalue weighted by molar-refractivity contribution is -0.0201. The Balaban J connectivity index is 1.38. The minimum absolute atomic E-state index is 0.247. The van der Waals surface area contributed by atoms with Crippen LogP contribution in [0.2, 0.25) is 0 Å². The van der Waals surface area contributed by atoms with E-state index >= 15 is 0 Å². The van der Waals surface area contributed by atoms with Crippen LogP contribution < -0.4 is 10.6 Å². The molecule has 3 fully saturated rings. The Bertz CT molecular complexity index is 857. The highest BCUT2D eigenvalue weighted by Crippen LogP contribution is 2.44. The molecule has 0 aliphatic carbocycles. The van der Waals surface area contributed by atoms with E-state index in [2.05, 4.69) is 50.1 Å². The van der Waals surface area contributed by atoms with E-state index in [9.17, 15) is 4.79 Å². The lowest BCUT2D eigenvalue weighted by atomic mass is 9.74. The molecule has 2 N–H and O–H groups in total. The van der Waals surface area contributed by atoms with Crippen molar-refractivity contribution in [2.24, 2.45) is 17.6 Å². The van der Waals surface area contributed by atoms with Gasteiger partial charge >= 0.3 is 0 Å². The van der Waals surface area contributed by atoms with Crippen molar-refractivity contribution in [2.75, 3.05) is 24.5 Å². The van der Waals surface area contributed by atoms with Gasteiger partial charge in [-0.15, -0.1) is 0 Å². The lowest BCUT2D eigenvalue weighted by Gasteiger charge is -2.55. The van der Waals surface area contributed by atoms with Crippen LogP contribution in [0.25, 0.3) is 0 Å². The number of carbonyl (C=O) groups excluding carboxylic acids is 1. The van der Waals surface area contributed by atoms with Crippen molar-refractivity contribution in [3.05, 3.63) is 54.0 Å². The standard InChI is InChI=1S/C22H27N5O/c23-22(28)18-10-24-11-21(25-18)26-12-15-9-17(14-26)20-8-4-7-19(27(20)13-15)16-5-2-1-3-6-16/h1-3,5-6,10-11,15,17,19-20H,4,7-9,12-14H2,(H2,23,28)/t15-,17+,19+,20-/m0/s1. The van der Waals surface area contributed by atoms with Crippen LogP contribution in [0, 0.1) is 11.8 Å². The number of anilines is 1. The van der Waals surface area contributed by atoms with Gasteiger partial charge in [-0.1, -0.05) is 30.3 Å². The third-order valence-electron chi connectivity index (χ3n) is 6.77. The summed E-state index contributed by atoms with van der Waals surface area (Å²) >= 11 is 0. The predicted octanol–water partition coefficient (Wildman–Crippen LogP) is 2.63. The first-order chi connectivity index (χ1) is 13.7. The molecule has 1 amide bonds. The van der Waals surface area contributed by atoms with E-state index in [1.54, 1.807) is 6.20 Å². The average Bonchev–Trinajstić information content (AvgIpc) is 2.74. The number of piperidine rings is 3. The first-order valence-corrected chi connectivity index (χ1v) is 10.4. The van der Waals surface area contributed by atoms with Gasteiger partial charge in [0, 0.05) is 31.7 Å². The van der Waals surface area contributed by atoms with Crippen LogP contribution in [0.1, 0.15) is 47.8 Å². The molecule has 1 aromatic carbocycles. The van der Waals surface area contributed by atoms with E-state index in [4.69, 9.17) is 5.73 Å². The van der Waals surface area contributed by atoms with Gasteiger partial charge in [0.1, 0.15) is 11.5 Å². The number of nitrogens with zero attached hydrogens (tertiary/aromatic N) is 4. The molecule has 0 radical (unpaired) electrons. The number of aromatic nitrogens is 2. The fourth-order valence-corrected chi connectivity index (χ4v) is 5.66. The third kappa shape index (κ3) is 3.15. The molecule has 6 heteroatoms. The summed E-state index contributed by atoms with van der Waals surface area (Å²) in [5, 5.41) is 0. The SMILES string of the molecule is NC(=O)c1cncc(N2C[C@@H]3C[C@H](C2)[C@@H]2CCC[C@H](c4ccccc4)N2C3)n1. The Kier molecular flexibility index (Phi) is 4.51. The van der Waals surface area contributed by atoms with Crippen molar-refractivity contribution >= 4 is 11.7 Å². The van der Waals surface area contributed by atoms with Crippen molar-refractivity contribution in [2.45, 2.75) is 37.8 Å². The summed E-state index contributed by atoms with van der Waals surface area (Å²) in [4.78, 5) is 25.3. The molecular formula is C22H27N5O. The Morgan fingerprint density at radius 2 is 1.93 bits per heavy atom. The van der Waals surface area contributed by atoms with E-state index in [1.165, 1.54) is 37.4 Å². The quantitative estimate of drug-likeness (QED) is 0.890. The molecule has 146 valence electrons. The van der Waals surface area contributed by atoms with Crippen LogP contribution in [0.5, 0.6) is 0 Å². The van der Waals surface area contributed by atoms with Gasteiger partial charge in [-0.2, -0.15) is 0 Å². The Hall–Kier alpha value is -2.47. The summed E-state index contributed by atoms with van der Waals surface area (Å²) in [6, 6.07) is 12.2. The molecule has 5 rings (SSSR count). The number of hydrogen-bond acceptors (Lipinski definition) is 5. The number of fused-ring (bicyclic) bond motifs is 4. The predicted molar refractivity (Wildman–Crippen MR) is 108 cm³/mol. The highest BCUT2D eigenvalue weighted by molar-refractivity contribution is 5.90. The largest absolute Gasteiger partial charge is 0.364 e. The van der Waals surface area contributed by atoms with Crippen molar-refractivity contribution in [3.63, 3.8) is 0 Å². The summed E-state index contributed by atoms with van der Waals surface area (Å²) < 4.78 is 0. The third-order valence-corrected chi connectivity index (χ3v) is 6.77. The van der Waals surface area contributed by atoms with Gasteiger partial charge in [-0.3, -0.25) is 14.7 Å². The van der Waals surface area contributed by atoms with Crippen LogP contribution in [0.3, 0.4) is 0 Å². The normalized spacial score (nSPS) is 29.9. The number of benzene rings is 1. The zero-order valence-corrected chi connectivity index (χ0v) is 16.1. The maximum atomic E-state index is 11.5. The van der Waals surface area contributed by atoms with E-state index in [0.717, 1.165) is 25.5 Å². The molecule has 0 spiro atoms. The minimum atomic E-state index is -0.518. The van der Waals surface area contributed by atoms with Crippen molar-refractivity contribution in [1.29, 1.82) is 0 Å². The van der Waals surface area contributed by atoms with Crippen LogP contribution in [-0.2, 0) is 0 Å². The van der Waals surface area contributed by atoms with Crippen molar-refractivity contribution < 1.29 is 4.79 Å². The number of amides is 1. The maximum Gasteiger partial charge on any atom is 0.268 e. The van der Waals surface area contributed by atoms with Gasteiger partial charge in [0.05, 0.1) is 12.4 Å². The number of carbonyl (C=O) groups is 1. The molecule has 1 aromatic heterocycles. The van der Waals surface area contributed by atoms with E-state index in [-0.39, 0.29) is 5.69 Å². The molecule has 2 aromatic rings. The molecule has 28 heavy (non-hydrogen) atoms. The molecule has 4 atom stereocenters. The van der Waals surface area contributed by atoms with Gasteiger partial charge in [0.2, 0.25) is 0 Å². The average molecular weight is 377 g/mol. The molecule has 3 aliphatic rings. The van der Waals surface area contributed by atoms with E-state index in [1.807, 2.05) is 0 Å². The minimum Gasteiger partial charge on any atom is -0.364 e. The summed E-state index contributed by atoms with van der Waals surface area (Å²) in [7, 11) is 0. The first kappa shape index (κ1) is 17.6. The number of primary amides is 1. The fraction of sp³-hybridized carbons (Fsp3) is 0.500. The van der Waals surface area contributed by atoms with E-state index < -0.39 is 5.91 Å². The molecule has 0 saturated carbocycles. The Morgan fingerprint density at radius 1 is 1.07 bits per heavy atom. The highest BCUT2D eigenvalue weighted by Gasteiger charge is 2.45. The monoisotopic (exact) mass is 377 g/mol. The molecular weight excluding hydrogens is 350 g/mol. The van der Waals surface area contributed by atoms with Crippen LogP contribution in [0.15, 0.2) is 42.7 Å². The number of rotatable bonds is 3. The second kappa shape index (κ2) is 7.17. The van der Waals surface area contributed by atoms with Gasteiger partial charge in [-0.05, 0) is 43.1 Å². The second-order valence-corrected chi connectivity index (χ2v) is 8.52. The lowest BCUT2D eigenvalue weighted by Crippen LogP contribution is -2.59. The first-order valence-electron chi connectivity index (χ1n) is 10.4. The second-order valence-electron chi connectivity index (χ2n) is 8.52.